The van der Waals surface area contributed by atoms with Gasteiger partial charge in [-0.1, -0.05) is 13.8 Å². The lowest BCUT2D eigenvalue weighted by Crippen LogP contribution is -2.66. The molecule has 3 N–H and O–H groups in total. The molecule has 0 aromatic heterocycles. The van der Waals surface area contributed by atoms with E-state index in [4.69, 9.17) is 9.47 Å². The number of carbonyl (C=O) groups excluding carboxylic acids is 5. The smallest absolute Gasteiger partial charge is 0.410 e. The van der Waals surface area contributed by atoms with Crippen LogP contribution in [0.15, 0.2) is 0 Å². The Bertz CT molecular complexity index is 855. The lowest BCUT2D eigenvalue weighted by molar-refractivity contribution is -0.130. The first-order chi connectivity index (χ1) is 16.8. The van der Waals surface area contributed by atoms with Crippen LogP contribution in [0.1, 0.15) is 66.7 Å². The van der Waals surface area contributed by atoms with Gasteiger partial charge in [-0.15, -0.1) is 0 Å². The van der Waals surface area contributed by atoms with Crippen molar-refractivity contribution in [3.8, 4) is 0 Å². The summed E-state index contributed by atoms with van der Waals surface area (Å²) in [6.07, 6.45) is 1.85. The summed E-state index contributed by atoms with van der Waals surface area (Å²) in [7, 11) is 0. The van der Waals surface area contributed by atoms with Gasteiger partial charge in [0.1, 0.15) is 24.0 Å². The van der Waals surface area contributed by atoms with E-state index in [2.05, 4.69) is 16.0 Å². The van der Waals surface area contributed by atoms with Crippen molar-refractivity contribution in [1.29, 1.82) is 0 Å². The Labute approximate surface area is 212 Å². The van der Waals surface area contributed by atoms with Gasteiger partial charge >= 0.3 is 12.2 Å². The summed E-state index contributed by atoms with van der Waals surface area (Å²) in [5.74, 6) is -0.800. The molecule has 1 saturated carbocycles. The molecule has 2 aliphatic heterocycles. The minimum Gasteiger partial charge on any atom is -0.446 e. The summed E-state index contributed by atoms with van der Waals surface area (Å²) in [4.78, 5) is 62.6. The molecule has 36 heavy (non-hydrogen) atoms. The first-order valence-corrected chi connectivity index (χ1v) is 12.8. The van der Waals surface area contributed by atoms with Crippen LogP contribution in [0.4, 0.5) is 9.59 Å². The molecule has 11 nitrogen and oxygen atoms in total. The summed E-state index contributed by atoms with van der Waals surface area (Å²) in [6.45, 7) is 11.0. The molecule has 0 aromatic carbocycles. The molecule has 1 aliphatic carbocycles. The number of hydrogen-bond donors (Lipinski definition) is 3. The Hall–Kier alpha value is -2.85. The van der Waals surface area contributed by atoms with Crippen LogP contribution in [-0.4, -0.2) is 78.6 Å². The number of amides is 4. The van der Waals surface area contributed by atoms with Gasteiger partial charge in [-0.3, -0.25) is 9.59 Å². The molecule has 3 aliphatic rings. The van der Waals surface area contributed by atoms with Crippen molar-refractivity contribution in [1.82, 2.24) is 20.9 Å². The summed E-state index contributed by atoms with van der Waals surface area (Å²) in [5.41, 5.74) is -0.584. The predicted molar refractivity (Wildman–Crippen MR) is 130 cm³/mol. The molecule has 0 unspecified atom stereocenters. The second kappa shape index (κ2) is 11.0. The fourth-order valence-corrected chi connectivity index (χ4v) is 5.11. The Morgan fingerprint density at radius 1 is 1.19 bits per heavy atom. The van der Waals surface area contributed by atoms with Crippen LogP contribution in [-0.2, 0) is 23.9 Å². The van der Waals surface area contributed by atoms with Crippen LogP contribution in [0.25, 0.3) is 0 Å². The molecule has 3 fully saturated rings. The second-order valence-electron chi connectivity index (χ2n) is 11.9. The van der Waals surface area contributed by atoms with Crippen molar-refractivity contribution in [3.63, 3.8) is 0 Å². The summed E-state index contributed by atoms with van der Waals surface area (Å²) >= 11 is 0. The Morgan fingerprint density at radius 3 is 2.39 bits per heavy atom. The predicted octanol–water partition coefficient (Wildman–Crippen LogP) is 1.74. The maximum absolute atomic E-state index is 12.9. The average molecular weight is 509 g/mol. The lowest BCUT2D eigenvalue weighted by Gasteiger charge is -2.57. The van der Waals surface area contributed by atoms with Gasteiger partial charge in [-0.05, 0) is 58.8 Å². The Kier molecular flexibility index (Phi) is 8.51. The molecule has 2 saturated heterocycles. The van der Waals surface area contributed by atoms with Crippen LogP contribution in [0, 0.1) is 17.3 Å². The summed E-state index contributed by atoms with van der Waals surface area (Å²) < 4.78 is 10.9. The highest BCUT2D eigenvalue weighted by molar-refractivity contribution is 5.88. The van der Waals surface area contributed by atoms with E-state index in [1.54, 1.807) is 4.90 Å². The van der Waals surface area contributed by atoms with E-state index in [-0.39, 0.29) is 41.8 Å². The van der Waals surface area contributed by atoms with Crippen molar-refractivity contribution in [2.75, 3.05) is 19.6 Å². The largest absolute Gasteiger partial charge is 0.446 e. The van der Waals surface area contributed by atoms with Crippen molar-refractivity contribution in [3.05, 3.63) is 0 Å². The number of alkyl carbamates (subject to hydrolysis) is 1. The third-order valence-electron chi connectivity index (χ3n) is 6.81. The van der Waals surface area contributed by atoms with E-state index in [9.17, 15) is 24.0 Å². The van der Waals surface area contributed by atoms with Crippen molar-refractivity contribution in [2.24, 2.45) is 17.3 Å². The van der Waals surface area contributed by atoms with E-state index in [1.165, 1.54) is 0 Å². The van der Waals surface area contributed by atoms with Crippen LogP contribution in [0.5, 0.6) is 0 Å². The van der Waals surface area contributed by atoms with Crippen LogP contribution >= 0.6 is 0 Å². The fourth-order valence-electron chi connectivity index (χ4n) is 5.11. The molecule has 0 radical (unpaired) electrons. The van der Waals surface area contributed by atoms with E-state index in [1.807, 2.05) is 34.6 Å². The normalized spacial score (nSPS) is 22.7. The van der Waals surface area contributed by atoms with Crippen LogP contribution in [0.3, 0.4) is 0 Å². The first kappa shape index (κ1) is 27.7. The molecule has 3 atom stereocenters. The van der Waals surface area contributed by atoms with E-state index in [0.29, 0.717) is 51.6 Å². The first-order valence-electron chi connectivity index (χ1n) is 12.8. The van der Waals surface area contributed by atoms with Crippen LogP contribution in [0.2, 0.25) is 0 Å². The highest BCUT2D eigenvalue weighted by Crippen LogP contribution is 2.49. The van der Waals surface area contributed by atoms with E-state index >= 15 is 0 Å². The van der Waals surface area contributed by atoms with Crippen molar-refractivity contribution in [2.45, 2.75) is 90.5 Å². The molecule has 202 valence electrons. The molecule has 4 amide bonds. The van der Waals surface area contributed by atoms with E-state index < -0.39 is 29.7 Å². The SMILES string of the molecule is CC(C)C[C@H](NC(=O)OC1CC2(C1)CN(C(=O)OC(C)(C)C)C2)C(=O)N[C@H](C=O)C[C@H]1CCNC1=O. The van der Waals surface area contributed by atoms with E-state index in [0.717, 1.165) is 0 Å². The zero-order valence-electron chi connectivity index (χ0n) is 21.9. The topological polar surface area (TPSA) is 143 Å². The molecule has 0 aromatic rings. The molecule has 1 spiro atoms. The molecule has 0 bridgehead atoms. The standard InChI is InChI=1S/C25H40N4O7/c1-15(2)8-19(21(32)27-17(12-30)9-16-6-7-26-20(16)31)28-22(33)35-18-10-25(11-18)13-29(14-25)23(34)36-24(3,4)5/h12,15-19H,6-11,13-14H2,1-5H3,(H,26,31)(H,27,32)(H,28,33)/t16-,17+,19+/m1/s1. The number of likely N-dealkylation sites (tertiary alicyclic amines) is 1. The number of rotatable bonds is 9. The number of hydrogen-bond acceptors (Lipinski definition) is 7. The van der Waals surface area contributed by atoms with Crippen molar-refractivity contribution >= 4 is 30.3 Å². The zero-order valence-corrected chi connectivity index (χ0v) is 21.9. The zero-order chi connectivity index (χ0) is 26.7. The van der Waals surface area contributed by atoms with Crippen molar-refractivity contribution < 1.29 is 33.4 Å². The quantitative estimate of drug-likeness (QED) is 0.403. The number of nitrogens with one attached hydrogen (secondary N) is 3. The van der Waals surface area contributed by atoms with Gasteiger partial charge in [0.05, 0.1) is 6.04 Å². The molecule has 11 heteroatoms. The van der Waals surface area contributed by atoms with Gasteiger partial charge in [0, 0.05) is 31.0 Å². The maximum Gasteiger partial charge on any atom is 0.410 e. The molecule has 3 rings (SSSR count). The highest BCUT2D eigenvalue weighted by atomic mass is 16.6. The minimum absolute atomic E-state index is 0.0414. The number of nitrogens with zero attached hydrogens (tertiary/aromatic N) is 1. The molecular formula is C25H40N4O7. The second-order valence-corrected chi connectivity index (χ2v) is 11.9. The third kappa shape index (κ3) is 7.33. The number of ether oxygens (including phenoxy) is 2. The fraction of sp³-hybridized carbons (Fsp3) is 0.800. The van der Waals surface area contributed by atoms with Gasteiger partial charge in [-0.25, -0.2) is 9.59 Å². The van der Waals surface area contributed by atoms with Gasteiger partial charge in [0.15, 0.2) is 0 Å². The third-order valence-corrected chi connectivity index (χ3v) is 6.81. The summed E-state index contributed by atoms with van der Waals surface area (Å²) in [6, 6.07) is -1.67. The minimum atomic E-state index is -0.863. The number of aldehydes is 1. The van der Waals surface area contributed by atoms with Gasteiger partial charge in [0.2, 0.25) is 11.8 Å². The Morgan fingerprint density at radius 2 is 1.86 bits per heavy atom. The number of carbonyl (C=O) groups is 5. The monoisotopic (exact) mass is 508 g/mol. The molecule has 2 heterocycles. The summed E-state index contributed by atoms with van der Waals surface area (Å²) in [5, 5.41) is 8.03. The van der Waals surface area contributed by atoms with Gasteiger partial charge in [0.25, 0.3) is 0 Å². The van der Waals surface area contributed by atoms with Crippen LogP contribution < -0.4 is 16.0 Å². The Balaban J connectivity index is 1.44. The van der Waals surface area contributed by atoms with Gasteiger partial charge < -0.3 is 35.1 Å². The van der Waals surface area contributed by atoms with Gasteiger partial charge in [-0.2, -0.15) is 0 Å². The highest BCUT2D eigenvalue weighted by Gasteiger charge is 2.56. The maximum atomic E-state index is 12.9. The average Bonchev–Trinajstić information content (AvgIpc) is 3.10. The molecular weight excluding hydrogens is 468 g/mol. The lowest BCUT2D eigenvalue weighted by atomic mass is 9.62.